The first-order chi connectivity index (χ1) is 8.34. The molecule has 3 heteroatoms. The molecule has 1 heterocycles. The van der Waals surface area contributed by atoms with Crippen LogP contribution >= 0.6 is 0 Å². The van der Waals surface area contributed by atoms with E-state index in [1.807, 2.05) is 13.0 Å². The van der Waals surface area contributed by atoms with Crippen molar-refractivity contribution in [2.75, 3.05) is 6.54 Å². The van der Waals surface area contributed by atoms with Crippen molar-refractivity contribution in [2.45, 2.75) is 54.0 Å². The van der Waals surface area contributed by atoms with Gasteiger partial charge in [-0.25, -0.2) is 0 Å². The van der Waals surface area contributed by atoms with Crippen molar-refractivity contribution in [1.29, 1.82) is 0 Å². The average molecular weight is 250 g/mol. The summed E-state index contributed by atoms with van der Waals surface area (Å²) in [6.45, 7) is 13.4. The van der Waals surface area contributed by atoms with E-state index in [2.05, 4.69) is 44.5 Å². The van der Waals surface area contributed by atoms with E-state index < -0.39 is 0 Å². The lowest BCUT2D eigenvalue weighted by Gasteiger charge is -2.13. The van der Waals surface area contributed by atoms with Gasteiger partial charge in [0.25, 0.3) is 5.91 Å². The molecule has 18 heavy (non-hydrogen) atoms. The third-order valence-corrected chi connectivity index (χ3v) is 3.25. The van der Waals surface area contributed by atoms with Gasteiger partial charge in [-0.3, -0.25) is 4.79 Å². The molecule has 3 nitrogen and oxygen atoms in total. The maximum atomic E-state index is 12.1. The van der Waals surface area contributed by atoms with E-state index in [-0.39, 0.29) is 5.91 Å². The van der Waals surface area contributed by atoms with Crippen molar-refractivity contribution >= 4 is 5.91 Å². The molecular formula is C15H26N2O. The van der Waals surface area contributed by atoms with Crippen molar-refractivity contribution in [1.82, 2.24) is 9.88 Å². The molecule has 0 bridgehead atoms. The summed E-state index contributed by atoms with van der Waals surface area (Å²) in [5.41, 5.74) is 3.02. The van der Waals surface area contributed by atoms with Gasteiger partial charge in [-0.1, -0.05) is 13.8 Å². The highest BCUT2D eigenvalue weighted by atomic mass is 16.1. The van der Waals surface area contributed by atoms with Gasteiger partial charge in [0.1, 0.15) is 0 Å². The highest BCUT2D eigenvalue weighted by molar-refractivity contribution is 5.95. The number of hydrogen-bond donors (Lipinski definition) is 1. The van der Waals surface area contributed by atoms with Crippen LogP contribution in [0.15, 0.2) is 6.07 Å². The van der Waals surface area contributed by atoms with Gasteiger partial charge in [-0.2, -0.15) is 0 Å². The molecule has 0 fully saturated rings. The standard InChI is InChI=1S/C15H26N2O/c1-10(2)7-8-16-15(18)14-9-12(5)17(11(3)4)13(14)6/h9-11H,7-8H2,1-6H3,(H,16,18). The van der Waals surface area contributed by atoms with Gasteiger partial charge in [-0.15, -0.1) is 0 Å². The molecule has 0 spiro atoms. The van der Waals surface area contributed by atoms with Gasteiger partial charge in [0.2, 0.25) is 0 Å². The summed E-state index contributed by atoms with van der Waals surface area (Å²) in [6, 6.07) is 2.38. The quantitative estimate of drug-likeness (QED) is 0.853. The molecule has 0 aliphatic heterocycles. The normalized spacial score (nSPS) is 11.3. The predicted octanol–water partition coefficient (Wildman–Crippen LogP) is 3.46. The number of amides is 1. The number of aromatic nitrogens is 1. The molecule has 1 amide bonds. The average Bonchev–Trinajstić information content (AvgIpc) is 2.53. The van der Waals surface area contributed by atoms with Crippen LogP contribution in [0.4, 0.5) is 0 Å². The van der Waals surface area contributed by atoms with Gasteiger partial charge >= 0.3 is 0 Å². The molecular weight excluding hydrogens is 224 g/mol. The van der Waals surface area contributed by atoms with Crippen LogP contribution in [0.1, 0.15) is 61.9 Å². The van der Waals surface area contributed by atoms with Crippen LogP contribution in [0.2, 0.25) is 0 Å². The number of rotatable bonds is 5. The second-order valence-corrected chi connectivity index (χ2v) is 5.69. The maximum absolute atomic E-state index is 12.1. The fourth-order valence-electron chi connectivity index (χ4n) is 2.37. The molecule has 1 aromatic heterocycles. The van der Waals surface area contributed by atoms with E-state index in [9.17, 15) is 4.79 Å². The molecule has 102 valence electrons. The zero-order valence-electron chi connectivity index (χ0n) is 12.5. The van der Waals surface area contributed by atoms with Crippen LogP contribution in [-0.4, -0.2) is 17.0 Å². The van der Waals surface area contributed by atoms with Crippen LogP contribution in [0, 0.1) is 19.8 Å². The van der Waals surface area contributed by atoms with Crippen molar-refractivity contribution in [2.24, 2.45) is 5.92 Å². The van der Waals surface area contributed by atoms with Crippen LogP contribution in [0.5, 0.6) is 0 Å². The second kappa shape index (κ2) is 6.07. The number of carbonyl (C=O) groups excluding carboxylic acids is 1. The molecule has 1 rings (SSSR count). The lowest BCUT2D eigenvalue weighted by atomic mass is 10.1. The summed E-state index contributed by atoms with van der Waals surface area (Å²) >= 11 is 0. The Morgan fingerprint density at radius 1 is 1.28 bits per heavy atom. The molecule has 0 saturated carbocycles. The van der Waals surface area contributed by atoms with Crippen molar-refractivity contribution in [3.8, 4) is 0 Å². The van der Waals surface area contributed by atoms with Gasteiger partial charge in [0.05, 0.1) is 5.56 Å². The van der Waals surface area contributed by atoms with E-state index >= 15 is 0 Å². The minimum absolute atomic E-state index is 0.0515. The first-order valence-electron chi connectivity index (χ1n) is 6.81. The Kier molecular flexibility index (Phi) is 5.00. The monoisotopic (exact) mass is 250 g/mol. The largest absolute Gasteiger partial charge is 0.352 e. The van der Waals surface area contributed by atoms with Gasteiger partial charge in [-0.05, 0) is 46.1 Å². The van der Waals surface area contributed by atoms with Crippen molar-refractivity contribution in [3.63, 3.8) is 0 Å². The Hall–Kier alpha value is -1.25. The predicted molar refractivity (Wildman–Crippen MR) is 76.1 cm³/mol. The fraction of sp³-hybridized carbons (Fsp3) is 0.667. The fourth-order valence-corrected chi connectivity index (χ4v) is 2.37. The summed E-state index contributed by atoms with van der Waals surface area (Å²) in [6.07, 6.45) is 1.02. The third kappa shape index (κ3) is 3.37. The Morgan fingerprint density at radius 3 is 2.33 bits per heavy atom. The zero-order valence-corrected chi connectivity index (χ0v) is 12.5. The first-order valence-corrected chi connectivity index (χ1v) is 6.81. The summed E-state index contributed by atoms with van der Waals surface area (Å²) in [4.78, 5) is 12.1. The molecule has 0 aromatic carbocycles. The number of nitrogens with zero attached hydrogens (tertiary/aromatic N) is 1. The summed E-state index contributed by atoms with van der Waals surface area (Å²) in [5, 5.41) is 3.00. The Morgan fingerprint density at radius 2 is 1.89 bits per heavy atom. The minimum atomic E-state index is 0.0515. The van der Waals surface area contributed by atoms with Crippen LogP contribution < -0.4 is 5.32 Å². The molecule has 0 saturated heterocycles. The number of hydrogen-bond acceptors (Lipinski definition) is 1. The topological polar surface area (TPSA) is 34.0 Å². The number of aryl methyl sites for hydroxylation is 1. The highest BCUT2D eigenvalue weighted by Crippen LogP contribution is 2.19. The van der Waals surface area contributed by atoms with Crippen molar-refractivity contribution in [3.05, 3.63) is 23.0 Å². The molecule has 0 radical (unpaired) electrons. The summed E-state index contributed by atoms with van der Waals surface area (Å²) < 4.78 is 2.21. The van der Waals surface area contributed by atoms with Crippen LogP contribution in [0.25, 0.3) is 0 Å². The van der Waals surface area contributed by atoms with Gasteiger partial charge < -0.3 is 9.88 Å². The van der Waals surface area contributed by atoms with E-state index in [1.54, 1.807) is 0 Å². The lowest BCUT2D eigenvalue weighted by molar-refractivity contribution is 0.0951. The SMILES string of the molecule is Cc1cc(C(=O)NCCC(C)C)c(C)n1C(C)C. The number of carbonyl (C=O) groups is 1. The molecule has 0 aliphatic rings. The van der Waals surface area contributed by atoms with E-state index in [4.69, 9.17) is 0 Å². The van der Waals surface area contributed by atoms with Crippen molar-refractivity contribution < 1.29 is 4.79 Å². The van der Waals surface area contributed by atoms with Crippen LogP contribution in [0.3, 0.4) is 0 Å². The summed E-state index contributed by atoms with van der Waals surface area (Å²) in [7, 11) is 0. The molecule has 0 unspecified atom stereocenters. The minimum Gasteiger partial charge on any atom is -0.352 e. The lowest BCUT2D eigenvalue weighted by Crippen LogP contribution is -2.25. The van der Waals surface area contributed by atoms with E-state index in [1.165, 1.54) is 0 Å². The molecule has 0 atom stereocenters. The molecule has 1 N–H and O–H groups in total. The Labute approximate surface area is 111 Å². The highest BCUT2D eigenvalue weighted by Gasteiger charge is 2.16. The Balaban J connectivity index is 2.78. The third-order valence-electron chi connectivity index (χ3n) is 3.25. The smallest absolute Gasteiger partial charge is 0.253 e. The van der Waals surface area contributed by atoms with Gasteiger partial charge in [0.15, 0.2) is 0 Å². The van der Waals surface area contributed by atoms with Crippen LogP contribution in [-0.2, 0) is 0 Å². The Bertz CT molecular complexity index is 416. The maximum Gasteiger partial charge on any atom is 0.253 e. The first kappa shape index (κ1) is 14.8. The molecule has 0 aliphatic carbocycles. The van der Waals surface area contributed by atoms with E-state index in [0.29, 0.717) is 12.0 Å². The van der Waals surface area contributed by atoms with E-state index in [0.717, 1.165) is 29.9 Å². The zero-order chi connectivity index (χ0) is 13.9. The number of nitrogens with one attached hydrogen (secondary N) is 1. The summed E-state index contributed by atoms with van der Waals surface area (Å²) in [5.74, 6) is 0.670. The van der Waals surface area contributed by atoms with Gasteiger partial charge in [0, 0.05) is 24.0 Å². The second-order valence-electron chi connectivity index (χ2n) is 5.69. The molecule has 1 aromatic rings.